The second-order valence-electron chi connectivity index (χ2n) is 9.62. The number of hydrogen-bond acceptors (Lipinski definition) is 6. The summed E-state index contributed by atoms with van der Waals surface area (Å²) < 4.78 is 17.9. The van der Waals surface area contributed by atoms with Crippen molar-refractivity contribution in [3.8, 4) is 17.2 Å². The number of fused-ring (bicyclic) bond motifs is 2. The minimum atomic E-state index is -0.0334. The van der Waals surface area contributed by atoms with Gasteiger partial charge in [0.15, 0.2) is 16.9 Å². The van der Waals surface area contributed by atoms with Gasteiger partial charge in [-0.25, -0.2) is 0 Å². The second kappa shape index (κ2) is 11.7. The Bertz CT molecular complexity index is 1290. The number of aromatic nitrogens is 1. The SMILES string of the molecule is CCN(CC)CCCC1CC(c2cc(OC)c(OC)c(OC)c2)Cc2c1c(=O)c1cc(Cl)ccc1n2O. The van der Waals surface area contributed by atoms with Crippen LogP contribution < -0.4 is 19.6 Å². The van der Waals surface area contributed by atoms with Crippen molar-refractivity contribution in [2.45, 2.75) is 51.4 Å². The fourth-order valence-electron chi connectivity index (χ4n) is 5.76. The Morgan fingerprint density at radius 3 is 2.32 bits per heavy atom. The average Bonchev–Trinajstić information content (AvgIpc) is 2.92. The van der Waals surface area contributed by atoms with Crippen LogP contribution in [0.25, 0.3) is 10.9 Å². The Hall–Kier alpha value is -2.90. The normalized spacial score (nSPS) is 17.2. The van der Waals surface area contributed by atoms with Gasteiger partial charge in [0.25, 0.3) is 0 Å². The molecule has 1 aromatic heterocycles. The topological polar surface area (TPSA) is 73.2 Å². The number of nitrogens with zero attached hydrogens (tertiary/aromatic N) is 2. The van der Waals surface area contributed by atoms with Gasteiger partial charge in [-0.05, 0) is 93.0 Å². The van der Waals surface area contributed by atoms with E-state index < -0.39 is 0 Å². The summed E-state index contributed by atoms with van der Waals surface area (Å²) in [5.41, 5.74) is 2.84. The molecule has 0 saturated heterocycles. The molecule has 1 heterocycles. The molecule has 1 aliphatic carbocycles. The van der Waals surface area contributed by atoms with Crippen molar-refractivity contribution in [3.63, 3.8) is 0 Å². The minimum absolute atomic E-state index is 0.00214. The van der Waals surface area contributed by atoms with Gasteiger partial charge < -0.3 is 24.3 Å². The van der Waals surface area contributed by atoms with E-state index in [1.165, 1.54) is 4.73 Å². The van der Waals surface area contributed by atoms with Gasteiger partial charge in [-0.3, -0.25) is 4.79 Å². The molecule has 0 spiro atoms. The van der Waals surface area contributed by atoms with E-state index in [-0.39, 0.29) is 17.3 Å². The van der Waals surface area contributed by atoms with Crippen LogP contribution >= 0.6 is 11.6 Å². The van der Waals surface area contributed by atoms with Crippen LogP contribution in [0.4, 0.5) is 0 Å². The van der Waals surface area contributed by atoms with Crippen molar-refractivity contribution in [1.82, 2.24) is 9.63 Å². The quantitative estimate of drug-likeness (QED) is 0.333. The van der Waals surface area contributed by atoms with E-state index in [1.807, 2.05) is 12.1 Å². The third kappa shape index (κ3) is 5.25. The van der Waals surface area contributed by atoms with Crippen molar-refractivity contribution >= 4 is 22.5 Å². The van der Waals surface area contributed by atoms with Crippen molar-refractivity contribution in [3.05, 3.63) is 62.4 Å². The number of ether oxygens (including phenoxy) is 3. The maximum Gasteiger partial charge on any atom is 0.203 e. The molecule has 0 radical (unpaired) electrons. The summed E-state index contributed by atoms with van der Waals surface area (Å²) in [6.45, 7) is 7.30. The molecule has 200 valence electrons. The fraction of sp³-hybridized carbons (Fsp3) is 0.483. The van der Waals surface area contributed by atoms with Crippen LogP contribution in [0.5, 0.6) is 17.2 Å². The molecule has 1 N–H and O–H groups in total. The molecule has 1 aliphatic rings. The highest BCUT2D eigenvalue weighted by Crippen LogP contribution is 2.46. The van der Waals surface area contributed by atoms with Gasteiger partial charge in [-0.2, -0.15) is 4.73 Å². The average molecular weight is 529 g/mol. The first-order chi connectivity index (χ1) is 17.9. The Morgan fingerprint density at radius 1 is 1.05 bits per heavy atom. The number of halogens is 1. The highest BCUT2D eigenvalue weighted by atomic mass is 35.5. The molecule has 0 fully saturated rings. The summed E-state index contributed by atoms with van der Waals surface area (Å²) in [4.78, 5) is 16.2. The zero-order chi connectivity index (χ0) is 26.7. The van der Waals surface area contributed by atoms with Gasteiger partial charge >= 0.3 is 0 Å². The predicted octanol–water partition coefficient (Wildman–Crippen LogP) is 5.85. The van der Waals surface area contributed by atoms with Crippen LogP contribution in [0, 0.1) is 0 Å². The van der Waals surface area contributed by atoms with E-state index in [0.29, 0.717) is 50.9 Å². The summed E-state index contributed by atoms with van der Waals surface area (Å²) in [7, 11) is 4.80. The molecular weight excluding hydrogens is 492 g/mol. The van der Waals surface area contributed by atoms with Crippen LogP contribution in [0.1, 0.15) is 61.8 Å². The zero-order valence-electron chi connectivity index (χ0n) is 22.3. The molecule has 2 aromatic carbocycles. The summed E-state index contributed by atoms with van der Waals surface area (Å²) in [6, 6.07) is 9.01. The summed E-state index contributed by atoms with van der Waals surface area (Å²) >= 11 is 6.23. The second-order valence-corrected chi connectivity index (χ2v) is 10.1. The molecule has 37 heavy (non-hydrogen) atoms. The zero-order valence-corrected chi connectivity index (χ0v) is 23.1. The molecule has 4 rings (SSSR count). The van der Waals surface area contributed by atoms with E-state index in [9.17, 15) is 10.0 Å². The smallest absolute Gasteiger partial charge is 0.203 e. The van der Waals surface area contributed by atoms with Crippen LogP contribution in [0.15, 0.2) is 35.1 Å². The number of hydrogen-bond donors (Lipinski definition) is 1. The number of benzene rings is 2. The minimum Gasteiger partial charge on any atom is -0.493 e. The maximum absolute atomic E-state index is 13.8. The maximum atomic E-state index is 13.8. The molecule has 0 saturated carbocycles. The lowest BCUT2D eigenvalue weighted by Gasteiger charge is -2.33. The standard InChI is InChI=1S/C29H37ClN2O5/c1-6-31(7-2)12-8-9-18-13-19(20-15-25(35-3)29(37-5)26(16-20)36-4)14-24-27(18)28(33)22-17-21(30)10-11-23(22)32(24)34/h10-11,15-19,34H,6-9,12-14H2,1-5H3. The first kappa shape index (κ1) is 27.1. The Labute approximate surface area is 223 Å². The van der Waals surface area contributed by atoms with Crippen molar-refractivity contribution in [1.29, 1.82) is 0 Å². The molecule has 8 heteroatoms. The van der Waals surface area contributed by atoms with E-state index in [2.05, 4.69) is 18.7 Å². The van der Waals surface area contributed by atoms with Crippen LogP contribution in [0.2, 0.25) is 5.02 Å². The first-order valence-corrected chi connectivity index (χ1v) is 13.3. The fourth-order valence-corrected chi connectivity index (χ4v) is 5.93. The number of methoxy groups -OCH3 is 3. The molecule has 2 unspecified atom stereocenters. The Morgan fingerprint density at radius 2 is 1.73 bits per heavy atom. The van der Waals surface area contributed by atoms with Gasteiger partial charge in [-0.1, -0.05) is 25.4 Å². The third-order valence-corrected chi connectivity index (χ3v) is 7.97. The molecule has 7 nitrogen and oxygen atoms in total. The Balaban J connectivity index is 1.81. The highest BCUT2D eigenvalue weighted by Gasteiger charge is 2.34. The van der Waals surface area contributed by atoms with Gasteiger partial charge in [0.1, 0.15) is 0 Å². The first-order valence-electron chi connectivity index (χ1n) is 12.9. The van der Waals surface area contributed by atoms with E-state index in [1.54, 1.807) is 39.5 Å². The molecule has 3 aromatic rings. The lowest BCUT2D eigenvalue weighted by Crippen LogP contribution is -2.30. The molecule has 0 bridgehead atoms. The largest absolute Gasteiger partial charge is 0.493 e. The van der Waals surface area contributed by atoms with Crippen LogP contribution in [-0.4, -0.2) is 55.8 Å². The Kier molecular flexibility index (Phi) is 8.55. The molecule has 0 aliphatic heterocycles. The van der Waals surface area contributed by atoms with E-state index in [4.69, 9.17) is 25.8 Å². The third-order valence-electron chi connectivity index (χ3n) is 7.74. The molecular formula is C29H37ClN2O5. The molecule has 0 amide bonds. The number of rotatable bonds is 10. The lowest BCUT2D eigenvalue weighted by atomic mass is 9.74. The van der Waals surface area contributed by atoms with Gasteiger partial charge in [0, 0.05) is 10.6 Å². The lowest BCUT2D eigenvalue weighted by molar-refractivity contribution is 0.181. The van der Waals surface area contributed by atoms with Crippen molar-refractivity contribution in [2.75, 3.05) is 41.0 Å². The predicted molar refractivity (Wildman–Crippen MR) is 147 cm³/mol. The number of pyridine rings is 1. The van der Waals surface area contributed by atoms with Gasteiger partial charge in [0.2, 0.25) is 5.75 Å². The van der Waals surface area contributed by atoms with Crippen LogP contribution in [0.3, 0.4) is 0 Å². The summed E-state index contributed by atoms with van der Waals surface area (Å²) in [5, 5.41) is 12.3. The van der Waals surface area contributed by atoms with Crippen molar-refractivity contribution < 1.29 is 19.4 Å². The highest BCUT2D eigenvalue weighted by molar-refractivity contribution is 6.31. The van der Waals surface area contributed by atoms with Gasteiger partial charge in [-0.15, -0.1) is 0 Å². The van der Waals surface area contributed by atoms with E-state index >= 15 is 0 Å². The summed E-state index contributed by atoms with van der Waals surface area (Å²) in [5.74, 6) is 1.79. The van der Waals surface area contributed by atoms with Gasteiger partial charge in [0.05, 0.1) is 37.9 Å². The van der Waals surface area contributed by atoms with Crippen molar-refractivity contribution in [2.24, 2.45) is 0 Å². The van der Waals surface area contributed by atoms with Crippen LogP contribution in [-0.2, 0) is 6.42 Å². The van der Waals surface area contributed by atoms with E-state index in [0.717, 1.165) is 44.5 Å². The summed E-state index contributed by atoms with van der Waals surface area (Å²) in [6.07, 6.45) is 3.12. The molecule has 2 atom stereocenters. The monoisotopic (exact) mass is 528 g/mol.